The number of aryl methyl sites for hydroxylation is 1. The molecule has 0 aromatic carbocycles. The van der Waals surface area contributed by atoms with Gasteiger partial charge in [-0.05, 0) is 22.4 Å². The molecule has 24 heavy (non-hydrogen) atoms. The Balaban J connectivity index is 1.69. The number of ether oxygens (including phenoxy) is 1. The minimum Gasteiger partial charge on any atom is -0.383 e. The molecule has 1 amide bonds. The Morgan fingerprint density at radius 2 is 2.38 bits per heavy atom. The number of rotatable bonds is 8. The van der Waals surface area contributed by atoms with Crippen molar-refractivity contribution in [3.8, 4) is 0 Å². The van der Waals surface area contributed by atoms with Crippen LogP contribution in [0, 0.1) is 5.92 Å². The second-order valence-corrected chi connectivity index (χ2v) is 6.98. The summed E-state index contributed by atoms with van der Waals surface area (Å²) >= 11 is 1.71. The molecule has 0 bridgehead atoms. The van der Waals surface area contributed by atoms with Gasteiger partial charge in [0.25, 0.3) is 0 Å². The van der Waals surface area contributed by atoms with Gasteiger partial charge in [-0.1, -0.05) is 0 Å². The molecule has 130 valence electrons. The summed E-state index contributed by atoms with van der Waals surface area (Å²) in [5.41, 5.74) is 2.39. The van der Waals surface area contributed by atoms with Crippen LogP contribution >= 0.6 is 11.3 Å². The van der Waals surface area contributed by atoms with Crippen LogP contribution in [-0.4, -0.2) is 47.4 Å². The predicted octanol–water partition coefficient (Wildman–Crippen LogP) is 1.81. The van der Waals surface area contributed by atoms with Crippen molar-refractivity contribution in [1.29, 1.82) is 0 Å². The molecular formula is C17H24N4O2S. The number of hydrogen-bond acceptors (Lipinski definition) is 5. The van der Waals surface area contributed by atoms with Crippen molar-refractivity contribution >= 4 is 17.2 Å². The van der Waals surface area contributed by atoms with Crippen LogP contribution in [0.3, 0.4) is 0 Å². The van der Waals surface area contributed by atoms with Crippen molar-refractivity contribution in [2.45, 2.75) is 19.0 Å². The molecule has 0 spiro atoms. The molecule has 0 aliphatic carbocycles. The fraction of sp³-hybridized carbons (Fsp3) is 0.529. The molecule has 2 aromatic rings. The van der Waals surface area contributed by atoms with E-state index in [0.29, 0.717) is 19.6 Å². The Morgan fingerprint density at radius 1 is 1.50 bits per heavy atom. The maximum atomic E-state index is 12.5. The Kier molecular flexibility index (Phi) is 5.65. The fourth-order valence-electron chi connectivity index (χ4n) is 3.34. The van der Waals surface area contributed by atoms with Crippen LogP contribution < -0.4 is 5.32 Å². The van der Waals surface area contributed by atoms with Gasteiger partial charge in [0.2, 0.25) is 5.91 Å². The van der Waals surface area contributed by atoms with Gasteiger partial charge in [-0.2, -0.15) is 16.4 Å². The van der Waals surface area contributed by atoms with Crippen LogP contribution in [0.2, 0.25) is 0 Å². The summed E-state index contributed by atoms with van der Waals surface area (Å²) in [5.74, 6) is 0.445. The normalized spacial score (nSPS) is 20.9. The number of methoxy groups -OCH3 is 1. The van der Waals surface area contributed by atoms with E-state index < -0.39 is 0 Å². The summed E-state index contributed by atoms with van der Waals surface area (Å²) in [5, 5.41) is 12.0. The molecule has 3 rings (SSSR count). The third-order valence-electron chi connectivity index (χ3n) is 4.46. The highest BCUT2D eigenvalue weighted by atomic mass is 32.1. The molecule has 1 aliphatic heterocycles. The zero-order valence-corrected chi connectivity index (χ0v) is 15.0. The number of thiophene rings is 1. The van der Waals surface area contributed by atoms with E-state index in [9.17, 15) is 4.79 Å². The first kappa shape index (κ1) is 17.1. The van der Waals surface area contributed by atoms with E-state index in [1.165, 1.54) is 5.56 Å². The summed E-state index contributed by atoms with van der Waals surface area (Å²) < 4.78 is 6.97. The minimum absolute atomic E-state index is 0.0660. The molecule has 2 aromatic heterocycles. The zero-order valence-electron chi connectivity index (χ0n) is 14.1. The lowest BCUT2D eigenvalue weighted by molar-refractivity contribution is -0.129. The Morgan fingerprint density at radius 3 is 3.04 bits per heavy atom. The molecule has 0 unspecified atom stereocenters. The molecule has 1 aliphatic rings. The Labute approximate surface area is 146 Å². The highest BCUT2D eigenvalue weighted by molar-refractivity contribution is 7.07. The minimum atomic E-state index is 0.0660. The van der Waals surface area contributed by atoms with Gasteiger partial charge in [0.1, 0.15) is 0 Å². The van der Waals surface area contributed by atoms with E-state index in [-0.39, 0.29) is 17.9 Å². The average Bonchev–Trinajstić information content (AvgIpc) is 3.27. The van der Waals surface area contributed by atoms with Gasteiger partial charge in [-0.15, -0.1) is 0 Å². The Hall–Kier alpha value is -1.70. The van der Waals surface area contributed by atoms with Gasteiger partial charge in [-0.3, -0.25) is 9.48 Å². The number of likely N-dealkylation sites (tertiary alicyclic amines) is 1. The van der Waals surface area contributed by atoms with Crippen molar-refractivity contribution in [2.24, 2.45) is 13.0 Å². The first-order valence-electron chi connectivity index (χ1n) is 8.17. The number of amides is 1. The molecule has 1 fully saturated rings. The van der Waals surface area contributed by atoms with Crippen molar-refractivity contribution < 1.29 is 9.53 Å². The van der Waals surface area contributed by atoms with E-state index >= 15 is 0 Å². The molecule has 1 N–H and O–H groups in total. The lowest BCUT2D eigenvalue weighted by Crippen LogP contribution is -2.33. The fourth-order valence-corrected chi connectivity index (χ4v) is 4.01. The summed E-state index contributed by atoms with van der Waals surface area (Å²) in [6, 6.07) is 2.19. The van der Waals surface area contributed by atoms with E-state index in [1.807, 2.05) is 24.3 Å². The third-order valence-corrected chi connectivity index (χ3v) is 5.19. The van der Waals surface area contributed by atoms with Gasteiger partial charge < -0.3 is 15.0 Å². The maximum absolute atomic E-state index is 12.5. The van der Waals surface area contributed by atoms with Crippen molar-refractivity contribution in [1.82, 2.24) is 20.0 Å². The molecule has 1 saturated heterocycles. The van der Waals surface area contributed by atoms with Crippen LogP contribution in [0.15, 0.2) is 29.2 Å². The second-order valence-electron chi connectivity index (χ2n) is 6.20. The molecule has 0 saturated carbocycles. The van der Waals surface area contributed by atoms with Crippen molar-refractivity contribution in [3.63, 3.8) is 0 Å². The number of hydrogen-bond donors (Lipinski definition) is 1. The van der Waals surface area contributed by atoms with E-state index in [4.69, 9.17) is 4.74 Å². The van der Waals surface area contributed by atoms with Crippen LogP contribution in [0.5, 0.6) is 0 Å². The van der Waals surface area contributed by atoms with Gasteiger partial charge >= 0.3 is 0 Å². The third kappa shape index (κ3) is 3.85. The van der Waals surface area contributed by atoms with Gasteiger partial charge in [0, 0.05) is 57.9 Å². The number of aromatic nitrogens is 2. The molecule has 2 atom stereocenters. The highest BCUT2D eigenvalue weighted by Gasteiger charge is 2.40. The van der Waals surface area contributed by atoms with Gasteiger partial charge in [0.05, 0.1) is 18.8 Å². The standard InChI is InChI=1S/C17H24N4O2S/c1-20-11-15(10-19-20)17-14(7-16(22)21(17)4-5-23-2)9-18-8-13-3-6-24-12-13/h3,6,10-12,14,17-18H,4-5,7-9H2,1-2H3/t14-,17+/m0/s1. The molecule has 3 heterocycles. The average molecular weight is 348 g/mol. The first-order chi connectivity index (χ1) is 11.7. The smallest absolute Gasteiger partial charge is 0.223 e. The van der Waals surface area contributed by atoms with Gasteiger partial charge in [-0.25, -0.2) is 0 Å². The quantitative estimate of drug-likeness (QED) is 0.790. The summed E-state index contributed by atoms with van der Waals surface area (Å²) in [4.78, 5) is 14.4. The molecular weight excluding hydrogens is 324 g/mol. The van der Waals surface area contributed by atoms with Crippen LogP contribution in [0.4, 0.5) is 0 Å². The van der Waals surface area contributed by atoms with Crippen molar-refractivity contribution in [3.05, 3.63) is 40.3 Å². The number of nitrogens with zero attached hydrogens (tertiary/aromatic N) is 3. The summed E-state index contributed by atoms with van der Waals surface area (Å²) in [7, 11) is 3.57. The number of carbonyl (C=O) groups excluding carboxylic acids is 1. The monoisotopic (exact) mass is 348 g/mol. The van der Waals surface area contributed by atoms with E-state index in [1.54, 1.807) is 23.1 Å². The lowest BCUT2D eigenvalue weighted by Gasteiger charge is -2.27. The molecule has 7 heteroatoms. The first-order valence-corrected chi connectivity index (χ1v) is 9.12. The molecule has 6 nitrogen and oxygen atoms in total. The predicted molar refractivity (Wildman–Crippen MR) is 93.7 cm³/mol. The molecule has 0 radical (unpaired) electrons. The second kappa shape index (κ2) is 7.92. The largest absolute Gasteiger partial charge is 0.383 e. The van der Waals surface area contributed by atoms with Crippen molar-refractivity contribution in [2.75, 3.05) is 26.8 Å². The number of carbonyl (C=O) groups is 1. The topological polar surface area (TPSA) is 59.4 Å². The lowest BCUT2D eigenvalue weighted by atomic mass is 9.95. The number of nitrogens with one attached hydrogen (secondary N) is 1. The zero-order chi connectivity index (χ0) is 16.9. The van der Waals surface area contributed by atoms with Crippen LogP contribution in [0.1, 0.15) is 23.6 Å². The maximum Gasteiger partial charge on any atom is 0.223 e. The van der Waals surface area contributed by atoms with Crippen LogP contribution in [0.25, 0.3) is 0 Å². The van der Waals surface area contributed by atoms with E-state index in [2.05, 4.69) is 27.2 Å². The summed E-state index contributed by atoms with van der Waals surface area (Å²) in [6.07, 6.45) is 4.45. The van der Waals surface area contributed by atoms with E-state index in [0.717, 1.165) is 18.7 Å². The Bertz CT molecular complexity index is 655. The highest BCUT2D eigenvalue weighted by Crippen LogP contribution is 2.37. The summed E-state index contributed by atoms with van der Waals surface area (Å²) in [6.45, 7) is 2.82. The van der Waals surface area contributed by atoms with Gasteiger partial charge in [0.15, 0.2) is 0 Å². The van der Waals surface area contributed by atoms with Crippen LogP contribution in [-0.2, 0) is 23.1 Å². The SMILES string of the molecule is COCCN1C(=O)C[C@@H](CNCc2ccsc2)[C@@H]1c1cnn(C)c1.